The Hall–Kier alpha value is -2.18. The van der Waals surface area contributed by atoms with Crippen LogP contribution < -0.4 is 0 Å². The molecule has 0 N–H and O–H groups in total. The molecule has 0 unspecified atom stereocenters. The second-order valence-corrected chi connectivity index (χ2v) is 7.86. The fourth-order valence-corrected chi connectivity index (χ4v) is 4.32. The Labute approximate surface area is 156 Å². The average molecular weight is 375 g/mol. The van der Waals surface area contributed by atoms with E-state index in [4.69, 9.17) is 0 Å². The number of carbonyl (C=O) groups excluding carboxylic acids is 1. The minimum Gasteiger partial charge on any atom is -0.335 e. The first-order valence-electron chi connectivity index (χ1n) is 8.87. The van der Waals surface area contributed by atoms with Crippen LogP contribution >= 0.6 is 0 Å². The first kappa shape index (κ1) is 20.1. The Morgan fingerprint density at radius 1 is 0.885 bits per heavy atom. The highest BCUT2D eigenvalue weighted by atomic mass is 32.2. The topological polar surface area (TPSA) is 57.7 Å². The van der Waals surface area contributed by atoms with Gasteiger partial charge in [-0.15, -0.1) is 0 Å². The van der Waals surface area contributed by atoms with Crippen LogP contribution in [0.5, 0.6) is 0 Å². The second kappa shape index (κ2) is 8.96. The Morgan fingerprint density at radius 2 is 1.54 bits per heavy atom. The van der Waals surface area contributed by atoms with Gasteiger partial charge in [-0.3, -0.25) is 4.79 Å². The van der Waals surface area contributed by atoms with Crippen molar-refractivity contribution in [3.05, 3.63) is 65.7 Å². The van der Waals surface area contributed by atoms with Gasteiger partial charge in [-0.05, 0) is 30.7 Å². The molecule has 5 nitrogen and oxygen atoms in total. The molecule has 0 radical (unpaired) electrons. The van der Waals surface area contributed by atoms with E-state index in [0.29, 0.717) is 31.7 Å². The van der Waals surface area contributed by atoms with Gasteiger partial charge >= 0.3 is 0 Å². The van der Waals surface area contributed by atoms with Gasteiger partial charge in [-0.1, -0.05) is 50.2 Å². The normalized spacial score (nSPS) is 11.5. The molecular weight excluding hydrogens is 348 g/mol. The molecule has 2 aromatic carbocycles. The molecule has 1 amide bonds. The van der Waals surface area contributed by atoms with Gasteiger partial charge < -0.3 is 4.90 Å². The van der Waals surface area contributed by atoms with E-state index in [1.165, 1.54) is 16.4 Å². The zero-order valence-corrected chi connectivity index (χ0v) is 16.4. The van der Waals surface area contributed by atoms with E-state index < -0.39 is 10.0 Å². The van der Waals surface area contributed by atoms with Crippen molar-refractivity contribution in [3.8, 4) is 0 Å². The molecule has 0 aliphatic heterocycles. The predicted octanol–water partition coefficient (Wildman–Crippen LogP) is 3.38. The van der Waals surface area contributed by atoms with E-state index in [2.05, 4.69) is 0 Å². The van der Waals surface area contributed by atoms with Crippen molar-refractivity contribution in [2.75, 3.05) is 19.6 Å². The van der Waals surface area contributed by atoms with E-state index in [1.54, 1.807) is 30.9 Å². The van der Waals surface area contributed by atoms with Crippen LogP contribution in [0.1, 0.15) is 36.7 Å². The van der Waals surface area contributed by atoms with Crippen LogP contribution in [0.4, 0.5) is 0 Å². The maximum Gasteiger partial charge on any atom is 0.254 e. The average Bonchev–Trinajstić information content (AvgIpc) is 2.67. The smallest absolute Gasteiger partial charge is 0.254 e. The molecule has 2 rings (SSSR count). The lowest BCUT2D eigenvalue weighted by molar-refractivity contribution is 0.0752. The van der Waals surface area contributed by atoms with Gasteiger partial charge in [0.05, 0.1) is 4.90 Å². The van der Waals surface area contributed by atoms with Crippen molar-refractivity contribution in [1.82, 2.24) is 9.21 Å². The summed E-state index contributed by atoms with van der Waals surface area (Å²) in [6.45, 7) is 7.34. The monoisotopic (exact) mass is 374 g/mol. The summed E-state index contributed by atoms with van der Waals surface area (Å²) in [5.74, 6) is -0.173. The summed E-state index contributed by atoms with van der Waals surface area (Å²) in [6, 6.07) is 16.0. The molecule has 0 spiro atoms. The number of benzene rings is 2. The molecule has 0 aliphatic carbocycles. The zero-order valence-electron chi connectivity index (χ0n) is 15.6. The lowest BCUT2D eigenvalue weighted by atomic mass is 10.1. The molecular formula is C20H26N2O3S. The Bertz CT molecular complexity index is 831. The fraction of sp³-hybridized carbons (Fsp3) is 0.350. The number of amides is 1. The lowest BCUT2D eigenvalue weighted by Crippen LogP contribution is -2.32. The second-order valence-electron chi connectivity index (χ2n) is 5.92. The number of hydrogen-bond donors (Lipinski definition) is 0. The van der Waals surface area contributed by atoms with Gasteiger partial charge in [0.1, 0.15) is 0 Å². The van der Waals surface area contributed by atoms with Crippen molar-refractivity contribution in [2.24, 2.45) is 0 Å². The molecule has 0 heterocycles. The van der Waals surface area contributed by atoms with E-state index in [0.717, 1.165) is 5.56 Å². The largest absolute Gasteiger partial charge is 0.335 e. The number of carbonyl (C=O) groups is 1. The Kier molecular flexibility index (Phi) is 6.94. The Balaban J connectivity index is 2.29. The molecule has 0 aromatic heterocycles. The summed E-state index contributed by atoms with van der Waals surface area (Å²) in [4.78, 5) is 14.7. The summed E-state index contributed by atoms with van der Waals surface area (Å²) in [6.07, 6.45) is 0. The van der Waals surface area contributed by atoms with Crippen molar-refractivity contribution in [2.45, 2.75) is 32.2 Å². The highest BCUT2D eigenvalue weighted by Gasteiger charge is 2.23. The van der Waals surface area contributed by atoms with Gasteiger partial charge in [0.15, 0.2) is 0 Å². The Morgan fingerprint density at radius 3 is 2.12 bits per heavy atom. The van der Waals surface area contributed by atoms with Gasteiger partial charge in [0.2, 0.25) is 10.0 Å². The van der Waals surface area contributed by atoms with Gasteiger partial charge in [-0.25, -0.2) is 8.42 Å². The number of nitrogens with zero attached hydrogens (tertiary/aromatic N) is 2. The molecule has 0 fully saturated rings. The first-order valence-corrected chi connectivity index (χ1v) is 10.3. The van der Waals surface area contributed by atoms with Gasteiger partial charge in [-0.2, -0.15) is 4.31 Å². The fourth-order valence-electron chi connectivity index (χ4n) is 2.82. The van der Waals surface area contributed by atoms with Gasteiger partial charge in [0, 0.05) is 31.7 Å². The first-order chi connectivity index (χ1) is 12.4. The molecule has 0 saturated carbocycles. The number of hydrogen-bond acceptors (Lipinski definition) is 3. The molecule has 0 saturated heterocycles. The SMILES string of the molecule is CCN(Cc1ccccc1)C(=O)c1cccc(S(=O)(=O)N(CC)CC)c1. The van der Waals surface area contributed by atoms with E-state index in [-0.39, 0.29) is 10.8 Å². The van der Waals surface area contributed by atoms with E-state index in [1.807, 2.05) is 37.3 Å². The third-order valence-corrected chi connectivity index (χ3v) is 6.36. The summed E-state index contributed by atoms with van der Waals surface area (Å²) < 4.78 is 26.8. The summed E-state index contributed by atoms with van der Waals surface area (Å²) in [5, 5.41) is 0. The molecule has 26 heavy (non-hydrogen) atoms. The van der Waals surface area contributed by atoms with E-state index in [9.17, 15) is 13.2 Å². The molecule has 6 heteroatoms. The molecule has 140 valence electrons. The maximum atomic E-state index is 12.9. The number of rotatable bonds is 8. The lowest BCUT2D eigenvalue weighted by Gasteiger charge is -2.22. The molecule has 2 aromatic rings. The third kappa shape index (κ3) is 4.51. The minimum atomic E-state index is -3.59. The third-order valence-electron chi connectivity index (χ3n) is 4.31. The number of sulfonamides is 1. The molecule has 0 bridgehead atoms. The standard InChI is InChI=1S/C20H26N2O3S/c1-4-21(16-17-11-8-7-9-12-17)20(23)18-13-10-14-19(15-18)26(24,25)22(5-2)6-3/h7-15H,4-6,16H2,1-3H3. The zero-order chi connectivity index (χ0) is 19.2. The highest BCUT2D eigenvalue weighted by molar-refractivity contribution is 7.89. The van der Waals surface area contributed by atoms with Crippen LogP contribution in [0.2, 0.25) is 0 Å². The molecule has 0 aliphatic rings. The van der Waals surface area contributed by atoms with E-state index >= 15 is 0 Å². The summed E-state index contributed by atoms with van der Waals surface area (Å²) in [7, 11) is -3.59. The molecule has 0 atom stereocenters. The van der Waals surface area contributed by atoms with Crippen molar-refractivity contribution < 1.29 is 13.2 Å². The van der Waals surface area contributed by atoms with Crippen LogP contribution in [-0.2, 0) is 16.6 Å². The van der Waals surface area contributed by atoms with Crippen molar-refractivity contribution in [1.29, 1.82) is 0 Å². The quantitative estimate of drug-likeness (QED) is 0.712. The van der Waals surface area contributed by atoms with Crippen molar-refractivity contribution in [3.63, 3.8) is 0 Å². The van der Waals surface area contributed by atoms with Gasteiger partial charge in [0.25, 0.3) is 5.91 Å². The summed E-state index contributed by atoms with van der Waals surface area (Å²) in [5.41, 5.74) is 1.42. The van der Waals surface area contributed by atoms with Crippen LogP contribution in [-0.4, -0.2) is 43.2 Å². The maximum absolute atomic E-state index is 12.9. The van der Waals surface area contributed by atoms with Crippen LogP contribution in [0.15, 0.2) is 59.5 Å². The van der Waals surface area contributed by atoms with Crippen LogP contribution in [0.25, 0.3) is 0 Å². The highest BCUT2D eigenvalue weighted by Crippen LogP contribution is 2.18. The predicted molar refractivity (Wildman–Crippen MR) is 103 cm³/mol. The van der Waals surface area contributed by atoms with Crippen molar-refractivity contribution >= 4 is 15.9 Å². The summed E-state index contributed by atoms with van der Waals surface area (Å²) >= 11 is 0. The minimum absolute atomic E-state index is 0.155. The van der Waals surface area contributed by atoms with Crippen LogP contribution in [0.3, 0.4) is 0 Å². The van der Waals surface area contributed by atoms with Crippen LogP contribution in [0, 0.1) is 0 Å².